The molecule has 4 rings (SSSR count). The van der Waals surface area contributed by atoms with Gasteiger partial charge >= 0.3 is 5.97 Å². The van der Waals surface area contributed by atoms with Gasteiger partial charge in [0, 0.05) is 40.6 Å². The number of carbonyl (C=O) groups is 4. The van der Waals surface area contributed by atoms with Crippen molar-refractivity contribution in [2.45, 2.75) is 62.4 Å². The molecule has 2 amide bonds. The van der Waals surface area contributed by atoms with E-state index in [1.807, 2.05) is 12.1 Å². The van der Waals surface area contributed by atoms with Crippen LogP contribution in [0.5, 0.6) is 5.75 Å². The molecule has 1 aliphatic rings. The minimum absolute atomic E-state index is 0.0629. The van der Waals surface area contributed by atoms with Crippen molar-refractivity contribution in [3.8, 4) is 5.75 Å². The highest BCUT2D eigenvalue weighted by atomic mass is 32.2. The molecule has 1 aromatic heterocycles. The van der Waals surface area contributed by atoms with Gasteiger partial charge in [-0.1, -0.05) is 24.3 Å². The average molecular weight is 691 g/mol. The third kappa shape index (κ3) is 11.0. The predicted molar refractivity (Wildman–Crippen MR) is 179 cm³/mol. The Balaban J connectivity index is 1.19. The number of aliphatic carboxylic acids is 1. The summed E-state index contributed by atoms with van der Waals surface area (Å²) < 4.78 is 10.4. The summed E-state index contributed by atoms with van der Waals surface area (Å²) >= 11 is 0.723. The smallest absolute Gasteiger partial charge is 0.347 e. The van der Waals surface area contributed by atoms with Gasteiger partial charge in [0.05, 0.1) is 30.4 Å². The molecule has 0 unspecified atom stereocenters. The van der Waals surface area contributed by atoms with Gasteiger partial charge in [-0.3, -0.25) is 24.8 Å². The van der Waals surface area contributed by atoms with Crippen molar-refractivity contribution in [2.75, 3.05) is 12.0 Å². The number of carbonyl (C=O) groups excluding carboxylic acids is 3. The number of ketones is 1. The molecule has 4 N–H and O–H groups in total. The number of fused-ring (bicyclic) bond motifs is 1. The number of nitrogens with one attached hydrogen (secondary N) is 3. The van der Waals surface area contributed by atoms with Crippen LogP contribution in [0, 0.1) is 0 Å². The van der Waals surface area contributed by atoms with Crippen molar-refractivity contribution < 1.29 is 43.7 Å². The highest BCUT2D eigenvalue weighted by molar-refractivity contribution is 7.94. The van der Waals surface area contributed by atoms with Crippen LogP contribution < -0.4 is 26.1 Å². The van der Waals surface area contributed by atoms with Gasteiger partial charge in [-0.25, -0.2) is 9.78 Å². The minimum atomic E-state index is -1.64. The van der Waals surface area contributed by atoms with Crippen LogP contribution in [0.2, 0.25) is 0 Å². The van der Waals surface area contributed by atoms with Crippen molar-refractivity contribution in [2.24, 2.45) is 5.10 Å². The lowest BCUT2D eigenvalue weighted by molar-refractivity contribution is -0.777. The Bertz CT molecular complexity index is 1670. The molecular weight excluding hydrogens is 654 g/mol. The van der Waals surface area contributed by atoms with E-state index in [1.165, 1.54) is 24.5 Å². The number of amides is 2. The van der Waals surface area contributed by atoms with Crippen LogP contribution in [0.3, 0.4) is 0 Å². The summed E-state index contributed by atoms with van der Waals surface area (Å²) in [6.45, 7) is 4.25. The molecule has 1 atom stereocenters. The molecule has 0 radical (unpaired) electrons. The number of Topliss-reactive ketones (excluding diaryl/α,β-unsaturated/α-hetero) is 1. The largest absolute Gasteiger partial charge is 0.691 e. The maximum absolute atomic E-state index is 12.7. The van der Waals surface area contributed by atoms with Gasteiger partial charge in [-0.2, -0.15) is 9.44 Å². The Kier molecular flexibility index (Phi) is 14.3. The van der Waals surface area contributed by atoms with E-state index in [4.69, 9.17) is 4.74 Å². The zero-order valence-corrected chi connectivity index (χ0v) is 27.3. The molecule has 0 saturated heterocycles. The van der Waals surface area contributed by atoms with Gasteiger partial charge in [0.1, 0.15) is 11.6 Å². The minimum Gasteiger partial charge on any atom is -0.691 e. The SMILES string of the molecule is C=CCc1c(OCCCCCC(=O)N[C@@H](NC(=O)c2ccc(N/N=C/c3ccccc3SOO[O-])nc2)C(=O)O)ccc2c1CCCC2=O. The second-order valence-corrected chi connectivity index (χ2v) is 11.6. The number of hydrogen-bond acceptors (Lipinski definition) is 12. The number of allylic oxidation sites excluding steroid dienone is 1. The molecule has 14 nitrogen and oxygen atoms in total. The van der Waals surface area contributed by atoms with E-state index in [1.54, 1.807) is 30.3 Å². The summed E-state index contributed by atoms with van der Waals surface area (Å²) in [5.74, 6) is -1.52. The number of unbranched alkanes of at least 4 members (excludes halogenated alkanes) is 2. The van der Waals surface area contributed by atoms with Gasteiger partial charge in [-0.05, 0) is 74.4 Å². The van der Waals surface area contributed by atoms with Crippen molar-refractivity contribution in [1.82, 2.24) is 15.6 Å². The summed E-state index contributed by atoms with van der Waals surface area (Å²) in [6, 6.07) is 13.5. The summed E-state index contributed by atoms with van der Waals surface area (Å²) in [5, 5.41) is 31.7. The van der Waals surface area contributed by atoms with E-state index in [0.29, 0.717) is 55.0 Å². The molecule has 0 spiro atoms. The van der Waals surface area contributed by atoms with Crippen LogP contribution in [0.15, 0.2) is 77.4 Å². The lowest BCUT2D eigenvalue weighted by Gasteiger charge is -2.21. The van der Waals surface area contributed by atoms with E-state index < -0.39 is 23.9 Å². The number of benzene rings is 2. The van der Waals surface area contributed by atoms with Gasteiger partial charge < -0.3 is 25.7 Å². The van der Waals surface area contributed by atoms with Crippen LogP contribution in [0.4, 0.5) is 5.82 Å². The molecule has 49 heavy (non-hydrogen) atoms. The monoisotopic (exact) mass is 690 g/mol. The summed E-state index contributed by atoms with van der Waals surface area (Å²) in [4.78, 5) is 53.9. The first-order valence-corrected chi connectivity index (χ1v) is 16.3. The molecule has 0 fully saturated rings. The van der Waals surface area contributed by atoms with Gasteiger partial charge in [-0.15, -0.1) is 6.58 Å². The molecule has 258 valence electrons. The topological polar surface area (TPSA) is 201 Å². The Morgan fingerprint density at radius 2 is 1.92 bits per heavy atom. The number of carboxylic acid groups (broad SMARTS) is 1. The molecule has 0 saturated carbocycles. The maximum atomic E-state index is 12.7. The Hall–Kier alpha value is -5.09. The first-order chi connectivity index (χ1) is 23.8. The van der Waals surface area contributed by atoms with Crippen LogP contribution in [0.25, 0.3) is 0 Å². The normalized spacial score (nSPS) is 13.0. The fourth-order valence-electron chi connectivity index (χ4n) is 5.11. The van der Waals surface area contributed by atoms with E-state index in [-0.39, 0.29) is 17.8 Å². The van der Waals surface area contributed by atoms with E-state index in [0.717, 1.165) is 47.3 Å². The predicted octanol–water partition coefficient (Wildman–Crippen LogP) is 3.90. The van der Waals surface area contributed by atoms with Gasteiger partial charge in [0.15, 0.2) is 5.78 Å². The standard InChI is InChI=1S/C34H37N5O9S/c1-2-9-26-24-11-8-12-27(40)25(24)16-17-28(26)46-19-7-3-4-14-31(41)37-32(34(43)44)38-33(42)23-15-18-30(35-20-23)39-36-21-22-10-5-6-13-29(22)49-48-47-45/h2,5-6,10,13,15-18,20-21,32,45H,1,3-4,7-9,11-12,14,19H2,(H,35,39)(H,37,41)(H,38,42)(H,43,44)/p-1/b36-21+/t32-/m0/s1. The molecule has 0 aliphatic heterocycles. The molecule has 1 aliphatic carbocycles. The Labute approximate surface area is 287 Å². The van der Waals surface area contributed by atoms with Crippen molar-refractivity contribution in [3.05, 3.63) is 95.2 Å². The number of hydrazone groups is 1. The molecule has 2 aromatic carbocycles. The number of anilines is 1. The van der Waals surface area contributed by atoms with Gasteiger partial charge in [0.2, 0.25) is 12.1 Å². The third-order valence-electron chi connectivity index (χ3n) is 7.48. The summed E-state index contributed by atoms with van der Waals surface area (Å²) in [5.41, 5.74) is 6.19. The zero-order chi connectivity index (χ0) is 35.0. The number of aromatic nitrogens is 1. The second kappa shape index (κ2) is 19.0. The molecular formula is C34H36N5O9S-. The van der Waals surface area contributed by atoms with Crippen LogP contribution in [0.1, 0.15) is 75.9 Å². The van der Waals surface area contributed by atoms with Gasteiger partial charge in [0.25, 0.3) is 5.91 Å². The number of nitrogens with zero attached hydrogens (tertiary/aromatic N) is 2. The number of hydrogen-bond donors (Lipinski definition) is 4. The second-order valence-electron chi connectivity index (χ2n) is 10.9. The average Bonchev–Trinajstić information content (AvgIpc) is 3.10. The lowest BCUT2D eigenvalue weighted by atomic mass is 9.86. The highest BCUT2D eigenvalue weighted by Crippen LogP contribution is 2.32. The molecule has 0 bridgehead atoms. The summed E-state index contributed by atoms with van der Waals surface area (Å²) in [6.07, 6.45) is 7.55. The number of ether oxygens (including phenoxy) is 1. The van der Waals surface area contributed by atoms with Crippen molar-refractivity contribution in [3.63, 3.8) is 0 Å². The van der Waals surface area contributed by atoms with Crippen molar-refractivity contribution in [1.29, 1.82) is 0 Å². The molecule has 15 heteroatoms. The van der Waals surface area contributed by atoms with Crippen LogP contribution in [-0.2, 0) is 31.8 Å². The van der Waals surface area contributed by atoms with Crippen LogP contribution >= 0.6 is 12.0 Å². The quantitative estimate of drug-likeness (QED) is 0.0269. The van der Waals surface area contributed by atoms with E-state index >= 15 is 0 Å². The van der Waals surface area contributed by atoms with E-state index in [9.17, 15) is 29.5 Å². The number of rotatable bonds is 19. The zero-order valence-electron chi connectivity index (χ0n) is 26.5. The maximum Gasteiger partial charge on any atom is 0.347 e. The van der Waals surface area contributed by atoms with Crippen LogP contribution in [-0.4, -0.2) is 52.6 Å². The Morgan fingerprint density at radius 1 is 1.08 bits per heavy atom. The number of carboxylic acids is 1. The van der Waals surface area contributed by atoms with Crippen molar-refractivity contribution >= 4 is 47.6 Å². The first-order valence-electron chi connectivity index (χ1n) is 15.5. The Morgan fingerprint density at radius 3 is 2.67 bits per heavy atom. The fourth-order valence-corrected chi connectivity index (χ4v) is 5.56. The molecule has 1 heterocycles. The fraction of sp³-hybridized carbons (Fsp3) is 0.294. The highest BCUT2D eigenvalue weighted by Gasteiger charge is 2.24. The number of pyridine rings is 1. The lowest BCUT2D eigenvalue weighted by Crippen LogP contribution is -2.52. The third-order valence-corrected chi connectivity index (χ3v) is 8.16. The molecule has 3 aromatic rings. The summed E-state index contributed by atoms with van der Waals surface area (Å²) in [7, 11) is 0. The van der Waals surface area contributed by atoms with E-state index in [2.05, 4.69) is 42.1 Å². The first kappa shape index (κ1) is 36.7.